The summed E-state index contributed by atoms with van der Waals surface area (Å²) in [5.41, 5.74) is 6.81. The number of likely N-dealkylation sites (N-methyl/N-ethyl adjacent to an activating group) is 1. The number of carbonyl (C=O) groups is 1. The number of halogens is 1. The zero-order chi connectivity index (χ0) is 14.6. The quantitative estimate of drug-likeness (QED) is 0.890. The molecule has 0 saturated carbocycles. The van der Waals surface area contributed by atoms with Gasteiger partial charge in [0.25, 0.3) is 0 Å². The Morgan fingerprint density at radius 2 is 1.79 bits per heavy atom. The first-order valence-electron chi connectivity index (χ1n) is 6.60. The van der Waals surface area contributed by atoms with Crippen LogP contribution in [0.3, 0.4) is 0 Å². The standard InChI is InChI=1S/C15H23FN2O/c1-10(2)9-14(17)15(19)18(4)11(3)12-5-7-13(16)8-6-12/h5-8,10-11,14H,9,17H2,1-4H3. The second-order valence-electron chi connectivity index (χ2n) is 5.41. The van der Waals surface area contributed by atoms with Crippen molar-refractivity contribution < 1.29 is 9.18 Å². The number of hydrogen-bond donors (Lipinski definition) is 1. The van der Waals surface area contributed by atoms with Crippen molar-refractivity contribution in [2.75, 3.05) is 7.05 Å². The molecule has 0 spiro atoms. The third-order valence-corrected chi connectivity index (χ3v) is 3.32. The molecule has 19 heavy (non-hydrogen) atoms. The minimum atomic E-state index is -0.479. The lowest BCUT2D eigenvalue weighted by molar-refractivity contribution is -0.133. The minimum absolute atomic E-state index is 0.0782. The molecule has 0 heterocycles. The highest BCUT2D eigenvalue weighted by molar-refractivity contribution is 5.81. The van der Waals surface area contributed by atoms with E-state index in [1.165, 1.54) is 12.1 Å². The SMILES string of the molecule is CC(C)CC(N)C(=O)N(C)C(C)c1ccc(F)cc1. The van der Waals surface area contributed by atoms with Crippen LogP contribution in [0.2, 0.25) is 0 Å². The minimum Gasteiger partial charge on any atom is -0.338 e. The summed E-state index contributed by atoms with van der Waals surface area (Å²) < 4.78 is 12.9. The van der Waals surface area contributed by atoms with Gasteiger partial charge in [-0.2, -0.15) is 0 Å². The second kappa shape index (κ2) is 6.66. The fraction of sp³-hybridized carbons (Fsp3) is 0.533. The molecule has 0 aliphatic carbocycles. The molecule has 0 radical (unpaired) electrons. The van der Waals surface area contributed by atoms with E-state index in [1.807, 2.05) is 20.8 Å². The summed E-state index contributed by atoms with van der Waals surface area (Å²) in [4.78, 5) is 13.8. The van der Waals surface area contributed by atoms with Gasteiger partial charge in [0.05, 0.1) is 12.1 Å². The lowest BCUT2D eigenvalue weighted by Crippen LogP contribution is -2.43. The third-order valence-electron chi connectivity index (χ3n) is 3.32. The molecule has 1 aromatic carbocycles. The Balaban J connectivity index is 2.73. The molecule has 0 fully saturated rings. The maximum atomic E-state index is 12.9. The number of rotatable bonds is 5. The largest absolute Gasteiger partial charge is 0.338 e. The zero-order valence-corrected chi connectivity index (χ0v) is 12.1. The van der Waals surface area contributed by atoms with Gasteiger partial charge in [-0.25, -0.2) is 4.39 Å². The van der Waals surface area contributed by atoms with Crippen molar-refractivity contribution in [1.82, 2.24) is 4.90 Å². The van der Waals surface area contributed by atoms with Gasteiger partial charge >= 0.3 is 0 Å². The molecule has 0 aromatic heterocycles. The van der Waals surface area contributed by atoms with E-state index >= 15 is 0 Å². The van der Waals surface area contributed by atoms with Gasteiger partial charge in [-0.1, -0.05) is 26.0 Å². The average molecular weight is 266 g/mol. The molecule has 1 amide bonds. The Labute approximate surface area is 114 Å². The Hall–Kier alpha value is -1.42. The number of nitrogens with zero attached hydrogens (tertiary/aromatic N) is 1. The number of nitrogens with two attached hydrogens (primary N) is 1. The zero-order valence-electron chi connectivity index (χ0n) is 12.1. The van der Waals surface area contributed by atoms with E-state index in [1.54, 1.807) is 24.1 Å². The van der Waals surface area contributed by atoms with Crippen molar-refractivity contribution in [3.63, 3.8) is 0 Å². The molecule has 0 aliphatic rings. The predicted molar refractivity (Wildman–Crippen MR) is 75.0 cm³/mol. The maximum absolute atomic E-state index is 12.9. The smallest absolute Gasteiger partial charge is 0.239 e. The fourth-order valence-electron chi connectivity index (χ4n) is 2.03. The van der Waals surface area contributed by atoms with Crippen molar-refractivity contribution in [2.24, 2.45) is 11.7 Å². The lowest BCUT2D eigenvalue weighted by atomic mass is 10.0. The van der Waals surface area contributed by atoms with Crippen LogP contribution in [0.1, 0.15) is 38.8 Å². The van der Waals surface area contributed by atoms with Crippen LogP contribution in [0.25, 0.3) is 0 Å². The molecule has 1 aromatic rings. The van der Waals surface area contributed by atoms with Crippen molar-refractivity contribution in [3.05, 3.63) is 35.6 Å². The Bertz CT molecular complexity index is 417. The Morgan fingerprint density at radius 3 is 2.26 bits per heavy atom. The van der Waals surface area contributed by atoms with Crippen LogP contribution in [0, 0.1) is 11.7 Å². The first kappa shape index (κ1) is 15.6. The Morgan fingerprint density at radius 1 is 1.26 bits per heavy atom. The van der Waals surface area contributed by atoms with Crippen LogP contribution in [-0.4, -0.2) is 23.9 Å². The molecule has 106 valence electrons. The van der Waals surface area contributed by atoms with E-state index in [-0.39, 0.29) is 17.8 Å². The summed E-state index contributed by atoms with van der Waals surface area (Å²) in [5, 5.41) is 0. The molecule has 1 rings (SSSR count). The van der Waals surface area contributed by atoms with E-state index < -0.39 is 6.04 Å². The molecular weight excluding hydrogens is 243 g/mol. The number of hydrogen-bond acceptors (Lipinski definition) is 2. The molecule has 0 bridgehead atoms. The Kier molecular flexibility index (Phi) is 5.48. The summed E-state index contributed by atoms with van der Waals surface area (Å²) in [6.07, 6.45) is 0.666. The first-order valence-corrected chi connectivity index (χ1v) is 6.60. The molecule has 2 atom stereocenters. The summed E-state index contributed by atoms with van der Waals surface area (Å²) in [7, 11) is 1.73. The van der Waals surface area contributed by atoms with E-state index in [0.29, 0.717) is 12.3 Å². The highest BCUT2D eigenvalue weighted by Crippen LogP contribution is 2.20. The van der Waals surface area contributed by atoms with Gasteiger partial charge in [-0.15, -0.1) is 0 Å². The normalized spacial score (nSPS) is 14.3. The second-order valence-corrected chi connectivity index (χ2v) is 5.41. The monoisotopic (exact) mass is 266 g/mol. The summed E-state index contributed by atoms with van der Waals surface area (Å²) >= 11 is 0. The summed E-state index contributed by atoms with van der Waals surface area (Å²) in [6.45, 7) is 5.99. The third kappa shape index (κ3) is 4.31. The van der Waals surface area contributed by atoms with E-state index in [0.717, 1.165) is 5.56 Å². The van der Waals surface area contributed by atoms with Crippen molar-refractivity contribution in [3.8, 4) is 0 Å². The predicted octanol–water partition coefficient (Wildman–Crippen LogP) is 2.72. The fourth-order valence-corrected chi connectivity index (χ4v) is 2.03. The van der Waals surface area contributed by atoms with Gasteiger partial charge in [-0.05, 0) is 37.0 Å². The van der Waals surface area contributed by atoms with Gasteiger partial charge in [-0.3, -0.25) is 4.79 Å². The molecule has 2 N–H and O–H groups in total. The van der Waals surface area contributed by atoms with Crippen LogP contribution in [-0.2, 0) is 4.79 Å². The van der Waals surface area contributed by atoms with Crippen LogP contribution in [0.15, 0.2) is 24.3 Å². The summed E-state index contributed by atoms with van der Waals surface area (Å²) in [5.74, 6) is 0.0282. The number of benzene rings is 1. The van der Waals surface area contributed by atoms with Crippen molar-refractivity contribution >= 4 is 5.91 Å². The molecular formula is C15H23FN2O. The van der Waals surface area contributed by atoms with Crippen molar-refractivity contribution in [1.29, 1.82) is 0 Å². The van der Waals surface area contributed by atoms with E-state index in [9.17, 15) is 9.18 Å². The summed E-state index contributed by atoms with van der Waals surface area (Å²) in [6, 6.07) is 5.59. The first-order chi connectivity index (χ1) is 8.82. The molecule has 3 nitrogen and oxygen atoms in total. The van der Waals surface area contributed by atoms with Crippen LogP contribution >= 0.6 is 0 Å². The van der Waals surface area contributed by atoms with Gasteiger partial charge in [0.2, 0.25) is 5.91 Å². The van der Waals surface area contributed by atoms with Crippen LogP contribution in [0.5, 0.6) is 0 Å². The highest BCUT2D eigenvalue weighted by atomic mass is 19.1. The number of amides is 1. The molecule has 4 heteroatoms. The van der Waals surface area contributed by atoms with Gasteiger partial charge in [0.15, 0.2) is 0 Å². The maximum Gasteiger partial charge on any atom is 0.239 e. The van der Waals surface area contributed by atoms with E-state index in [4.69, 9.17) is 5.73 Å². The number of carbonyl (C=O) groups excluding carboxylic acids is 1. The topological polar surface area (TPSA) is 46.3 Å². The molecule has 0 aliphatic heterocycles. The van der Waals surface area contributed by atoms with Crippen LogP contribution in [0.4, 0.5) is 4.39 Å². The lowest BCUT2D eigenvalue weighted by Gasteiger charge is -2.28. The van der Waals surface area contributed by atoms with Crippen LogP contribution < -0.4 is 5.73 Å². The van der Waals surface area contributed by atoms with Gasteiger partial charge < -0.3 is 10.6 Å². The molecule has 0 saturated heterocycles. The average Bonchev–Trinajstić information content (AvgIpc) is 2.36. The van der Waals surface area contributed by atoms with Crippen molar-refractivity contribution in [2.45, 2.75) is 39.3 Å². The van der Waals surface area contributed by atoms with E-state index in [2.05, 4.69) is 0 Å². The molecule has 2 unspecified atom stereocenters. The van der Waals surface area contributed by atoms with Gasteiger partial charge in [0.1, 0.15) is 5.82 Å². The highest BCUT2D eigenvalue weighted by Gasteiger charge is 2.23. The van der Waals surface area contributed by atoms with Gasteiger partial charge in [0, 0.05) is 7.05 Å².